The van der Waals surface area contributed by atoms with E-state index in [-0.39, 0.29) is 38.2 Å². The minimum atomic E-state index is -1.85. The number of fused-ring (bicyclic) bond motifs is 5. The second-order valence-corrected chi connectivity index (χ2v) is 12.7. The van der Waals surface area contributed by atoms with Crippen molar-refractivity contribution < 1.29 is 43.5 Å². The lowest BCUT2D eigenvalue weighted by Crippen LogP contribution is -2.81. The molecule has 226 valence electrons. The summed E-state index contributed by atoms with van der Waals surface area (Å²) in [6.45, 7) is 10.2. The van der Waals surface area contributed by atoms with Crippen LogP contribution in [0.5, 0.6) is 0 Å². The summed E-state index contributed by atoms with van der Waals surface area (Å²) in [5.74, 6) is -3.22. The van der Waals surface area contributed by atoms with E-state index in [1.165, 1.54) is 14.0 Å². The quantitative estimate of drug-likeness (QED) is 0.410. The third-order valence-corrected chi connectivity index (χ3v) is 10.5. The Labute approximate surface area is 242 Å². The van der Waals surface area contributed by atoms with E-state index < -0.39 is 70.2 Å². The van der Waals surface area contributed by atoms with E-state index in [1.807, 2.05) is 13.8 Å². The van der Waals surface area contributed by atoms with Gasteiger partial charge in [0.05, 0.1) is 35.7 Å². The first-order chi connectivity index (χ1) is 18.7. The lowest BCUT2D eigenvalue weighted by atomic mass is 9.43. The molecule has 41 heavy (non-hydrogen) atoms. The normalized spacial score (nSPS) is 41.0. The van der Waals surface area contributed by atoms with E-state index >= 15 is 0 Å². The molecule has 9 heteroatoms. The van der Waals surface area contributed by atoms with Crippen molar-refractivity contribution in [2.75, 3.05) is 13.7 Å². The first-order valence-corrected chi connectivity index (χ1v) is 13.9. The summed E-state index contributed by atoms with van der Waals surface area (Å²) < 4.78 is 24.2. The molecule has 3 aliphatic carbocycles. The number of Topliss-reactive ketones (excluding diaryl/α,β-unsaturated/α-hetero) is 1. The Bertz CT molecular complexity index is 1250. The number of benzene rings is 1. The van der Waals surface area contributed by atoms with E-state index in [9.17, 15) is 24.6 Å². The largest absolute Gasteiger partial charge is 0.455 e. The number of carbonyl (C=O) groups is 3. The predicted molar refractivity (Wildman–Crippen MR) is 150 cm³/mol. The SMILES string of the molecule is C.CO[C@H]1C[C@H]2OC[C@@]2(OC(C)=O)[C@H]2C(OC(=O)c3ccccc3)[C@]3(O)C[C@H](O)C(C)=C([C@@H](C)C(=O)[C@]12C)C3(C)C. The third-order valence-electron chi connectivity index (χ3n) is 10.5. The van der Waals surface area contributed by atoms with Crippen LogP contribution < -0.4 is 0 Å². The van der Waals surface area contributed by atoms with Gasteiger partial charge in [-0.25, -0.2) is 4.79 Å². The second kappa shape index (κ2) is 10.3. The van der Waals surface area contributed by atoms with Crippen molar-refractivity contribution in [3.8, 4) is 0 Å². The van der Waals surface area contributed by atoms with Crippen LogP contribution in [0.2, 0.25) is 0 Å². The minimum absolute atomic E-state index is 0. The summed E-state index contributed by atoms with van der Waals surface area (Å²) in [4.78, 5) is 41.1. The van der Waals surface area contributed by atoms with E-state index in [2.05, 4.69) is 0 Å². The zero-order valence-electron chi connectivity index (χ0n) is 24.2. The Morgan fingerprint density at radius 3 is 2.29 bits per heavy atom. The summed E-state index contributed by atoms with van der Waals surface area (Å²) >= 11 is 0. The molecule has 9 atom stereocenters. The molecule has 1 aromatic rings. The predicted octanol–water partition coefficient (Wildman–Crippen LogP) is 3.65. The summed E-state index contributed by atoms with van der Waals surface area (Å²) in [5, 5.41) is 24.1. The van der Waals surface area contributed by atoms with E-state index in [4.69, 9.17) is 18.9 Å². The number of esters is 2. The van der Waals surface area contributed by atoms with Crippen molar-refractivity contribution in [2.24, 2.45) is 22.7 Å². The minimum Gasteiger partial charge on any atom is -0.455 e. The maximum Gasteiger partial charge on any atom is 0.338 e. The van der Waals surface area contributed by atoms with Crippen LogP contribution >= 0.6 is 0 Å². The zero-order chi connectivity index (χ0) is 29.4. The Hall–Kier alpha value is -2.59. The standard InChI is InChI=1S/C31H40O9.CH4/c1-16-20(33)14-31(36)26(39-27(35)19-11-9-8-10-12-19)24-29(6,25(34)17(2)23(16)28(31,4)5)21(37-7)13-22-30(24,15-38-22)40-18(3)32;/h8-12,17,20-22,24,26,33,36H,13-15H2,1-7H3;1H4/t17-,20+,21+,22-,24+,26?,29-,30+,31-;/m1./s1. The average molecular weight is 573 g/mol. The van der Waals surface area contributed by atoms with Gasteiger partial charge >= 0.3 is 11.9 Å². The molecule has 1 aliphatic heterocycles. The molecule has 0 aromatic heterocycles. The molecule has 2 saturated carbocycles. The first-order valence-electron chi connectivity index (χ1n) is 13.9. The fourth-order valence-corrected chi connectivity index (χ4v) is 8.48. The van der Waals surface area contributed by atoms with E-state index in [1.54, 1.807) is 51.1 Å². The number of hydrogen-bond acceptors (Lipinski definition) is 9. The third kappa shape index (κ3) is 4.14. The van der Waals surface area contributed by atoms with Gasteiger partial charge in [0.15, 0.2) is 5.60 Å². The Morgan fingerprint density at radius 2 is 1.76 bits per heavy atom. The van der Waals surface area contributed by atoms with Gasteiger partial charge in [0.25, 0.3) is 0 Å². The molecule has 0 radical (unpaired) electrons. The molecule has 2 bridgehead atoms. The van der Waals surface area contributed by atoms with Crippen LogP contribution in [0.3, 0.4) is 0 Å². The van der Waals surface area contributed by atoms with Crippen molar-refractivity contribution in [3.63, 3.8) is 0 Å². The zero-order valence-corrected chi connectivity index (χ0v) is 24.2. The monoisotopic (exact) mass is 572 g/mol. The number of carbonyl (C=O) groups excluding carboxylic acids is 3. The summed E-state index contributed by atoms with van der Waals surface area (Å²) in [6, 6.07) is 8.39. The molecule has 1 heterocycles. The van der Waals surface area contributed by atoms with Gasteiger partial charge in [0, 0.05) is 38.2 Å². The highest BCUT2D eigenvalue weighted by molar-refractivity contribution is 5.92. The van der Waals surface area contributed by atoms with Crippen LogP contribution in [0.4, 0.5) is 0 Å². The number of rotatable bonds is 4. The summed E-state index contributed by atoms with van der Waals surface area (Å²) in [5.41, 5.74) is -4.18. The fraction of sp³-hybridized carbons (Fsp3) is 0.656. The van der Waals surface area contributed by atoms with Crippen LogP contribution in [0.25, 0.3) is 0 Å². The maximum atomic E-state index is 14.8. The summed E-state index contributed by atoms with van der Waals surface area (Å²) in [6.07, 6.45) is -3.65. The van der Waals surface area contributed by atoms with E-state index in [0.717, 1.165) is 0 Å². The van der Waals surface area contributed by atoms with Crippen LogP contribution in [-0.2, 0) is 28.5 Å². The smallest absolute Gasteiger partial charge is 0.338 e. The molecule has 3 fully saturated rings. The molecule has 1 saturated heterocycles. The molecular formula is C32H44O9. The van der Waals surface area contributed by atoms with Crippen molar-refractivity contribution in [2.45, 2.75) is 97.4 Å². The van der Waals surface area contributed by atoms with Crippen LogP contribution in [-0.4, -0.2) is 77.3 Å². The highest BCUT2D eigenvalue weighted by Crippen LogP contribution is 2.65. The molecule has 2 N–H and O–H groups in total. The van der Waals surface area contributed by atoms with Crippen LogP contribution in [0, 0.1) is 22.7 Å². The average Bonchev–Trinajstić information content (AvgIpc) is 2.89. The molecule has 0 amide bonds. The Morgan fingerprint density at radius 1 is 1.12 bits per heavy atom. The van der Waals surface area contributed by atoms with Gasteiger partial charge in [0.2, 0.25) is 0 Å². The van der Waals surface area contributed by atoms with Crippen molar-refractivity contribution in [1.29, 1.82) is 0 Å². The van der Waals surface area contributed by atoms with Crippen molar-refractivity contribution in [1.82, 2.24) is 0 Å². The lowest BCUT2D eigenvalue weighted by molar-refractivity contribution is -0.346. The summed E-state index contributed by atoms with van der Waals surface area (Å²) in [7, 11) is 1.51. The van der Waals surface area contributed by atoms with Crippen LogP contribution in [0.15, 0.2) is 41.5 Å². The highest BCUT2D eigenvalue weighted by Gasteiger charge is 2.77. The maximum absolute atomic E-state index is 14.8. The number of hydrogen-bond donors (Lipinski definition) is 2. The number of aliphatic hydroxyl groups excluding tert-OH is 1. The number of aliphatic hydroxyl groups is 2. The molecule has 4 aliphatic rings. The first kappa shape index (κ1) is 31.3. The number of ether oxygens (including phenoxy) is 4. The molecule has 1 aromatic carbocycles. The van der Waals surface area contributed by atoms with Gasteiger partial charge in [-0.3, -0.25) is 9.59 Å². The van der Waals surface area contributed by atoms with Crippen LogP contribution in [0.1, 0.15) is 72.2 Å². The topological polar surface area (TPSA) is 129 Å². The van der Waals surface area contributed by atoms with Gasteiger partial charge in [-0.2, -0.15) is 0 Å². The molecule has 1 unspecified atom stereocenters. The molecule has 9 nitrogen and oxygen atoms in total. The molecule has 5 rings (SSSR count). The van der Waals surface area contributed by atoms with Crippen molar-refractivity contribution >= 4 is 17.7 Å². The number of ketones is 1. The number of methoxy groups -OCH3 is 1. The van der Waals surface area contributed by atoms with Crippen molar-refractivity contribution in [3.05, 3.63) is 47.0 Å². The fourth-order valence-electron chi connectivity index (χ4n) is 8.48. The Kier molecular flexibility index (Phi) is 7.87. The lowest BCUT2D eigenvalue weighted by Gasteiger charge is -2.68. The molecule has 0 spiro atoms. The van der Waals surface area contributed by atoms with Gasteiger partial charge in [0.1, 0.15) is 23.6 Å². The Balaban J connectivity index is 0.00000387. The van der Waals surface area contributed by atoms with Gasteiger partial charge in [-0.1, -0.05) is 46.4 Å². The van der Waals surface area contributed by atoms with Gasteiger partial charge < -0.3 is 29.2 Å². The van der Waals surface area contributed by atoms with Gasteiger partial charge in [-0.15, -0.1) is 0 Å². The second-order valence-electron chi connectivity index (χ2n) is 12.7. The van der Waals surface area contributed by atoms with E-state index in [0.29, 0.717) is 11.1 Å². The van der Waals surface area contributed by atoms with Gasteiger partial charge in [-0.05, 0) is 37.1 Å². The molecular weight excluding hydrogens is 528 g/mol. The highest BCUT2D eigenvalue weighted by atomic mass is 16.6.